The summed E-state index contributed by atoms with van der Waals surface area (Å²) in [5, 5.41) is 8.62. The lowest BCUT2D eigenvalue weighted by Crippen LogP contribution is -1.81. The van der Waals surface area contributed by atoms with Crippen LogP contribution in [0.15, 0.2) is 31.0 Å². The fourth-order valence-electron chi connectivity index (χ4n) is 1.10. The first-order valence-electron chi connectivity index (χ1n) is 3.82. The van der Waals surface area contributed by atoms with Crippen LogP contribution in [-0.2, 0) is 0 Å². The SMILES string of the molecule is C=Cc1ccc(C)cc1/C=C/O. The summed E-state index contributed by atoms with van der Waals surface area (Å²) in [6.45, 7) is 5.70. The Morgan fingerprint density at radius 3 is 2.67 bits per heavy atom. The number of aliphatic hydroxyl groups is 1. The Balaban J connectivity index is 3.20. The lowest BCUT2D eigenvalue weighted by molar-refractivity contribution is 0.478. The maximum atomic E-state index is 8.62. The molecule has 0 bridgehead atoms. The van der Waals surface area contributed by atoms with E-state index in [-0.39, 0.29) is 0 Å². The highest BCUT2D eigenvalue weighted by Crippen LogP contribution is 2.14. The third-order valence-corrected chi connectivity index (χ3v) is 1.72. The predicted octanol–water partition coefficient (Wildman–Crippen LogP) is 3.17. The van der Waals surface area contributed by atoms with Gasteiger partial charge in [-0.3, -0.25) is 0 Å². The summed E-state index contributed by atoms with van der Waals surface area (Å²) < 4.78 is 0. The molecule has 0 spiro atoms. The molecule has 1 nitrogen and oxygen atoms in total. The van der Waals surface area contributed by atoms with Crippen LogP contribution in [0.4, 0.5) is 0 Å². The normalized spacial score (nSPS) is 10.4. The van der Waals surface area contributed by atoms with Crippen molar-refractivity contribution >= 4 is 12.2 Å². The zero-order chi connectivity index (χ0) is 8.97. The van der Waals surface area contributed by atoms with E-state index in [1.54, 1.807) is 12.2 Å². The van der Waals surface area contributed by atoms with E-state index in [2.05, 4.69) is 6.58 Å². The van der Waals surface area contributed by atoms with Crippen molar-refractivity contribution in [2.45, 2.75) is 6.92 Å². The highest BCUT2D eigenvalue weighted by atomic mass is 16.2. The first kappa shape index (κ1) is 8.60. The van der Waals surface area contributed by atoms with Crippen LogP contribution in [0.3, 0.4) is 0 Å². The van der Waals surface area contributed by atoms with Gasteiger partial charge in [-0.05, 0) is 24.1 Å². The van der Waals surface area contributed by atoms with Crippen molar-refractivity contribution in [3.63, 3.8) is 0 Å². The molecule has 0 atom stereocenters. The number of hydrogen-bond acceptors (Lipinski definition) is 1. The average molecular weight is 160 g/mol. The van der Waals surface area contributed by atoms with Gasteiger partial charge in [-0.2, -0.15) is 0 Å². The van der Waals surface area contributed by atoms with Gasteiger partial charge in [-0.15, -0.1) is 0 Å². The van der Waals surface area contributed by atoms with E-state index in [0.29, 0.717) is 0 Å². The Bertz CT molecular complexity index is 311. The Kier molecular flexibility index (Phi) is 2.70. The standard InChI is InChI=1S/C11H12O/c1-3-10-5-4-9(2)8-11(10)6-7-12/h3-8,12H,1H2,2H3/b7-6+. The molecule has 0 aromatic heterocycles. The number of aliphatic hydroxyl groups excluding tert-OH is 1. The van der Waals surface area contributed by atoms with E-state index in [1.165, 1.54) is 5.56 Å². The number of benzene rings is 1. The van der Waals surface area contributed by atoms with E-state index in [9.17, 15) is 0 Å². The number of aryl methyl sites for hydroxylation is 1. The molecule has 0 amide bonds. The Labute approximate surface area is 72.7 Å². The summed E-state index contributed by atoms with van der Waals surface area (Å²) in [6.07, 6.45) is 4.47. The Morgan fingerprint density at radius 1 is 1.33 bits per heavy atom. The quantitative estimate of drug-likeness (QED) is 0.659. The summed E-state index contributed by atoms with van der Waals surface area (Å²) in [5.74, 6) is 0. The third-order valence-electron chi connectivity index (χ3n) is 1.72. The molecular weight excluding hydrogens is 148 g/mol. The topological polar surface area (TPSA) is 20.2 Å². The average Bonchev–Trinajstić information content (AvgIpc) is 2.05. The smallest absolute Gasteiger partial charge is 0.0797 e. The third kappa shape index (κ3) is 1.76. The molecule has 0 unspecified atom stereocenters. The molecule has 0 saturated heterocycles. The lowest BCUT2D eigenvalue weighted by Gasteiger charge is -2.01. The summed E-state index contributed by atoms with van der Waals surface area (Å²) in [7, 11) is 0. The highest BCUT2D eigenvalue weighted by Gasteiger charge is 1.94. The summed E-state index contributed by atoms with van der Waals surface area (Å²) in [6, 6.07) is 6.01. The molecule has 62 valence electrons. The van der Waals surface area contributed by atoms with Crippen LogP contribution >= 0.6 is 0 Å². The van der Waals surface area contributed by atoms with Gasteiger partial charge in [0.2, 0.25) is 0 Å². The second-order valence-corrected chi connectivity index (χ2v) is 2.65. The van der Waals surface area contributed by atoms with Crippen molar-refractivity contribution in [2.24, 2.45) is 0 Å². The first-order chi connectivity index (χ1) is 5.77. The second kappa shape index (κ2) is 3.77. The molecular formula is C11H12O. The van der Waals surface area contributed by atoms with Gasteiger partial charge >= 0.3 is 0 Å². The van der Waals surface area contributed by atoms with Crippen molar-refractivity contribution in [3.8, 4) is 0 Å². The molecule has 0 saturated carbocycles. The monoisotopic (exact) mass is 160 g/mol. The fraction of sp³-hybridized carbons (Fsp3) is 0.0909. The molecule has 0 fully saturated rings. The molecule has 0 aliphatic heterocycles. The van der Waals surface area contributed by atoms with E-state index in [1.807, 2.05) is 25.1 Å². The summed E-state index contributed by atoms with van der Waals surface area (Å²) >= 11 is 0. The van der Waals surface area contributed by atoms with Gasteiger partial charge in [0.15, 0.2) is 0 Å². The van der Waals surface area contributed by atoms with Crippen LogP contribution in [0.2, 0.25) is 0 Å². The van der Waals surface area contributed by atoms with E-state index >= 15 is 0 Å². The van der Waals surface area contributed by atoms with Crippen LogP contribution in [-0.4, -0.2) is 5.11 Å². The minimum Gasteiger partial charge on any atom is -0.516 e. The van der Waals surface area contributed by atoms with Crippen LogP contribution < -0.4 is 0 Å². The van der Waals surface area contributed by atoms with Crippen LogP contribution in [0.25, 0.3) is 12.2 Å². The molecule has 0 radical (unpaired) electrons. The van der Waals surface area contributed by atoms with Gasteiger partial charge in [0.1, 0.15) is 0 Å². The summed E-state index contributed by atoms with van der Waals surface area (Å²) in [4.78, 5) is 0. The minimum atomic E-state index is 0.993. The first-order valence-corrected chi connectivity index (χ1v) is 3.82. The fourth-order valence-corrected chi connectivity index (χ4v) is 1.10. The maximum Gasteiger partial charge on any atom is 0.0797 e. The molecule has 1 rings (SSSR count). The Hall–Kier alpha value is -1.50. The molecule has 1 aromatic carbocycles. The van der Waals surface area contributed by atoms with Crippen molar-refractivity contribution < 1.29 is 5.11 Å². The Morgan fingerprint density at radius 2 is 2.08 bits per heavy atom. The highest BCUT2D eigenvalue weighted by molar-refractivity contribution is 5.64. The van der Waals surface area contributed by atoms with Crippen molar-refractivity contribution in [2.75, 3.05) is 0 Å². The van der Waals surface area contributed by atoms with Gasteiger partial charge < -0.3 is 5.11 Å². The molecule has 0 aliphatic rings. The molecule has 1 heteroatoms. The van der Waals surface area contributed by atoms with Gasteiger partial charge in [-0.1, -0.05) is 36.4 Å². The van der Waals surface area contributed by atoms with E-state index < -0.39 is 0 Å². The number of hydrogen-bond donors (Lipinski definition) is 1. The van der Waals surface area contributed by atoms with Crippen molar-refractivity contribution in [3.05, 3.63) is 47.7 Å². The lowest BCUT2D eigenvalue weighted by atomic mass is 10.0. The van der Waals surface area contributed by atoms with Crippen molar-refractivity contribution in [1.29, 1.82) is 0 Å². The molecule has 0 heterocycles. The largest absolute Gasteiger partial charge is 0.516 e. The zero-order valence-corrected chi connectivity index (χ0v) is 7.12. The van der Waals surface area contributed by atoms with E-state index in [0.717, 1.165) is 17.4 Å². The van der Waals surface area contributed by atoms with Gasteiger partial charge in [0.05, 0.1) is 6.26 Å². The molecule has 1 N–H and O–H groups in total. The second-order valence-electron chi connectivity index (χ2n) is 2.65. The molecule has 12 heavy (non-hydrogen) atoms. The number of rotatable bonds is 2. The zero-order valence-electron chi connectivity index (χ0n) is 7.12. The van der Waals surface area contributed by atoms with Crippen LogP contribution in [0.1, 0.15) is 16.7 Å². The minimum absolute atomic E-state index is 0.993. The van der Waals surface area contributed by atoms with E-state index in [4.69, 9.17) is 5.11 Å². The summed E-state index contributed by atoms with van der Waals surface area (Å²) in [5.41, 5.74) is 3.20. The van der Waals surface area contributed by atoms with Gasteiger partial charge in [0.25, 0.3) is 0 Å². The van der Waals surface area contributed by atoms with Crippen molar-refractivity contribution in [1.82, 2.24) is 0 Å². The van der Waals surface area contributed by atoms with Crippen LogP contribution in [0, 0.1) is 6.92 Å². The maximum absolute atomic E-state index is 8.62. The molecule has 1 aromatic rings. The van der Waals surface area contributed by atoms with Gasteiger partial charge in [0, 0.05) is 0 Å². The predicted molar refractivity (Wildman–Crippen MR) is 52.9 cm³/mol. The van der Waals surface area contributed by atoms with Crippen LogP contribution in [0.5, 0.6) is 0 Å². The molecule has 0 aliphatic carbocycles. The van der Waals surface area contributed by atoms with Gasteiger partial charge in [-0.25, -0.2) is 0 Å².